The average molecular weight is 303 g/mol. The lowest BCUT2D eigenvalue weighted by molar-refractivity contribution is 0.0905. The van der Waals surface area contributed by atoms with Crippen LogP contribution < -0.4 is 5.73 Å². The molecule has 3 aromatic rings. The van der Waals surface area contributed by atoms with Crippen molar-refractivity contribution < 1.29 is 4.79 Å². The summed E-state index contributed by atoms with van der Waals surface area (Å²) in [6, 6.07) is 8.03. The molecule has 4 heteroatoms. The Kier molecular flexibility index (Phi) is 2.92. The molecule has 1 atom stereocenters. The molecule has 1 aromatic carbocycles. The number of para-hydroxylation sites is 1. The third-order valence-electron chi connectivity index (χ3n) is 4.86. The van der Waals surface area contributed by atoms with Crippen molar-refractivity contribution in [3.63, 3.8) is 0 Å². The first-order valence-corrected chi connectivity index (χ1v) is 7.76. The summed E-state index contributed by atoms with van der Waals surface area (Å²) in [5.74, 6) is 2.51. The van der Waals surface area contributed by atoms with Gasteiger partial charge in [-0.25, -0.2) is 4.98 Å². The normalized spacial score (nSPS) is 17.4. The zero-order chi connectivity index (χ0) is 16.1. The van der Waals surface area contributed by atoms with Gasteiger partial charge in [0.25, 0.3) is 0 Å². The molecule has 2 heterocycles. The molecule has 0 aliphatic heterocycles. The molecule has 23 heavy (non-hydrogen) atoms. The lowest BCUT2D eigenvalue weighted by Gasteiger charge is -2.23. The molecule has 114 valence electrons. The maximum absolute atomic E-state index is 12.8. The smallest absolute Gasteiger partial charge is 0.170 e. The van der Waals surface area contributed by atoms with Crippen molar-refractivity contribution in [1.29, 1.82) is 0 Å². The number of rotatable bonds is 1. The van der Waals surface area contributed by atoms with Crippen molar-refractivity contribution in [2.45, 2.75) is 19.3 Å². The van der Waals surface area contributed by atoms with Crippen LogP contribution in [0.25, 0.3) is 21.9 Å². The van der Waals surface area contributed by atoms with E-state index in [0.29, 0.717) is 17.7 Å². The summed E-state index contributed by atoms with van der Waals surface area (Å²) in [6.07, 6.45) is 7.35. The van der Waals surface area contributed by atoms with E-state index >= 15 is 0 Å². The van der Waals surface area contributed by atoms with Crippen LogP contribution in [0.15, 0.2) is 24.3 Å². The van der Waals surface area contributed by atoms with Crippen molar-refractivity contribution in [2.75, 3.05) is 5.73 Å². The topological polar surface area (TPSA) is 60.9 Å². The van der Waals surface area contributed by atoms with E-state index in [1.807, 2.05) is 35.9 Å². The number of Topliss-reactive ketones (excluding diaryl/α,β-unsaturated/α-hetero) is 1. The van der Waals surface area contributed by atoms with Crippen LogP contribution in [-0.2, 0) is 13.5 Å². The molecule has 4 nitrogen and oxygen atoms in total. The van der Waals surface area contributed by atoms with E-state index in [0.717, 1.165) is 40.5 Å². The highest BCUT2D eigenvalue weighted by atomic mass is 16.1. The Hall–Kier alpha value is -2.80. The minimum atomic E-state index is -0.135. The number of fused-ring (bicyclic) bond motifs is 4. The Balaban J connectivity index is 2.07. The number of hydrogen-bond donors (Lipinski definition) is 1. The molecule has 0 saturated carbocycles. The van der Waals surface area contributed by atoms with Crippen molar-refractivity contribution >= 4 is 33.4 Å². The van der Waals surface area contributed by atoms with Gasteiger partial charge >= 0.3 is 0 Å². The summed E-state index contributed by atoms with van der Waals surface area (Å²) in [7, 11) is 1.98. The first kappa shape index (κ1) is 13.8. The van der Waals surface area contributed by atoms with Crippen LogP contribution in [0.3, 0.4) is 0 Å². The maximum Gasteiger partial charge on any atom is 0.170 e. The predicted octanol–water partition coefficient (Wildman–Crippen LogP) is 3.08. The van der Waals surface area contributed by atoms with Crippen molar-refractivity contribution in [1.82, 2.24) is 9.55 Å². The van der Waals surface area contributed by atoms with Gasteiger partial charge in [0.15, 0.2) is 5.78 Å². The van der Waals surface area contributed by atoms with Gasteiger partial charge in [0.05, 0.1) is 27.8 Å². The summed E-state index contributed by atoms with van der Waals surface area (Å²) in [6.45, 7) is 0. The molecular formula is C19H17N3O. The molecule has 0 fully saturated rings. The molecule has 0 saturated heterocycles. The summed E-state index contributed by atoms with van der Waals surface area (Å²) in [4.78, 5) is 17.6. The summed E-state index contributed by atoms with van der Waals surface area (Å²) < 4.78 is 2.04. The van der Waals surface area contributed by atoms with Gasteiger partial charge in [-0.2, -0.15) is 0 Å². The van der Waals surface area contributed by atoms with Crippen molar-refractivity contribution in [2.24, 2.45) is 13.0 Å². The fourth-order valence-electron chi connectivity index (χ4n) is 3.68. The number of aromatic nitrogens is 2. The third kappa shape index (κ3) is 1.80. The summed E-state index contributed by atoms with van der Waals surface area (Å²) in [5, 5.41) is 1.90. The minimum Gasteiger partial charge on any atom is -0.397 e. The number of carbonyl (C=O) groups is 1. The number of nitrogens with two attached hydrogens (primary N) is 1. The fraction of sp³-hybridized carbons (Fsp3) is 0.263. The zero-order valence-electron chi connectivity index (χ0n) is 13.0. The van der Waals surface area contributed by atoms with Crippen LogP contribution in [0.5, 0.6) is 0 Å². The number of aryl methyl sites for hydroxylation is 2. The lowest BCUT2D eigenvalue weighted by Crippen LogP contribution is -2.25. The maximum atomic E-state index is 12.8. The van der Waals surface area contributed by atoms with Crippen LogP contribution in [0, 0.1) is 18.3 Å². The van der Waals surface area contributed by atoms with E-state index in [4.69, 9.17) is 17.1 Å². The Morgan fingerprint density at radius 1 is 1.43 bits per heavy atom. The fourth-order valence-corrected chi connectivity index (χ4v) is 3.68. The Morgan fingerprint density at radius 2 is 2.22 bits per heavy atom. The minimum absolute atomic E-state index is 0.0454. The molecule has 0 radical (unpaired) electrons. The molecular weight excluding hydrogens is 286 g/mol. The third-order valence-corrected chi connectivity index (χ3v) is 4.86. The Bertz CT molecular complexity index is 1010. The van der Waals surface area contributed by atoms with E-state index < -0.39 is 0 Å². The van der Waals surface area contributed by atoms with Crippen molar-refractivity contribution in [3.05, 3.63) is 35.5 Å². The van der Waals surface area contributed by atoms with Crippen LogP contribution in [0.2, 0.25) is 0 Å². The van der Waals surface area contributed by atoms with E-state index in [1.165, 1.54) is 0 Å². The monoisotopic (exact) mass is 303 g/mol. The van der Waals surface area contributed by atoms with Gasteiger partial charge in [-0.05, 0) is 18.9 Å². The number of hydrogen-bond acceptors (Lipinski definition) is 3. The predicted molar refractivity (Wildman–Crippen MR) is 92.2 cm³/mol. The molecule has 2 aromatic heterocycles. The molecule has 1 unspecified atom stereocenters. The van der Waals surface area contributed by atoms with Gasteiger partial charge in [-0.3, -0.25) is 4.79 Å². The van der Waals surface area contributed by atoms with E-state index in [2.05, 4.69) is 5.92 Å². The molecule has 0 bridgehead atoms. The van der Waals surface area contributed by atoms with Gasteiger partial charge in [0.1, 0.15) is 5.65 Å². The van der Waals surface area contributed by atoms with Gasteiger partial charge < -0.3 is 10.3 Å². The molecule has 1 aliphatic carbocycles. The van der Waals surface area contributed by atoms with E-state index in [-0.39, 0.29) is 11.7 Å². The van der Waals surface area contributed by atoms with E-state index in [1.54, 1.807) is 0 Å². The molecule has 1 aliphatic rings. The molecule has 4 rings (SSSR count). The van der Waals surface area contributed by atoms with Crippen LogP contribution >= 0.6 is 0 Å². The van der Waals surface area contributed by atoms with Gasteiger partial charge in [0.2, 0.25) is 0 Å². The molecule has 2 N–H and O–H groups in total. The van der Waals surface area contributed by atoms with Crippen molar-refractivity contribution in [3.8, 4) is 12.3 Å². The lowest BCUT2D eigenvalue weighted by atomic mass is 9.82. The highest BCUT2D eigenvalue weighted by Gasteiger charge is 2.31. The zero-order valence-corrected chi connectivity index (χ0v) is 13.0. The highest BCUT2D eigenvalue weighted by Crippen LogP contribution is 2.38. The van der Waals surface area contributed by atoms with E-state index in [9.17, 15) is 4.79 Å². The average Bonchev–Trinajstić information content (AvgIpc) is 2.84. The largest absolute Gasteiger partial charge is 0.397 e. The van der Waals surface area contributed by atoms with Gasteiger partial charge in [0, 0.05) is 24.8 Å². The molecule has 0 amide bonds. The van der Waals surface area contributed by atoms with Gasteiger partial charge in [-0.1, -0.05) is 18.2 Å². The standard InChI is InChI=1S/C19H17N3O/c1-3-6-11-9-10-13-16(18(11)23)17(20)15-12-7-4-5-8-14(12)22(2)19(15)21-13/h1,4-5,7-8,11H,6,9-10H2,2H3,(H2,20,21). The van der Waals surface area contributed by atoms with Crippen LogP contribution in [0.1, 0.15) is 28.9 Å². The van der Waals surface area contributed by atoms with Crippen LogP contribution in [-0.4, -0.2) is 15.3 Å². The van der Waals surface area contributed by atoms with Crippen LogP contribution in [0.4, 0.5) is 5.69 Å². The Morgan fingerprint density at radius 3 is 3.00 bits per heavy atom. The summed E-state index contributed by atoms with van der Waals surface area (Å²) >= 11 is 0. The number of benzene rings is 1. The quantitative estimate of drug-likeness (QED) is 0.703. The number of terminal acetylenes is 1. The second-order valence-electron chi connectivity index (χ2n) is 6.13. The SMILES string of the molecule is C#CCC1CCc2nc3c(c(N)c2C1=O)c1ccccc1n3C. The number of carbonyl (C=O) groups excluding carboxylic acids is 1. The second-order valence-corrected chi connectivity index (χ2v) is 6.13. The Labute approximate surface area is 134 Å². The molecule has 0 spiro atoms. The first-order valence-electron chi connectivity index (χ1n) is 7.76. The highest BCUT2D eigenvalue weighted by molar-refractivity contribution is 6.18. The first-order chi connectivity index (χ1) is 11.1. The van der Waals surface area contributed by atoms with Gasteiger partial charge in [-0.15, -0.1) is 12.3 Å². The number of pyridine rings is 1. The number of ketones is 1. The number of nitrogens with zero attached hydrogens (tertiary/aromatic N) is 2. The summed E-state index contributed by atoms with van der Waals surface area (Å²) in [5.41, 5.74) is 10.3. The number of anilines is 1. The second kappa shape index (κ2) is 4.85. The number of nitrogen functional groups attached to an aromatic ring is 1.